The van der Waals surface area contributed by atoms with Gasteiger partial charge in [-0.2, -0.15) is 0 Å². The first kappa shape index (κ1) is 15.8. The highest BCUT2D eigenvalue weighted by atomic mass is 16.1. The Hall–Kier alpha value is -0.610. The Morgan fingerprint density at radius 1 is 1.35 bits per heavy atom. The number of amides is 1. The molecule has 0 aromatic carbocycles. The molecule has 0 aromatic rings. The minimum atomic E-state index is 0.180. The Labute approximate surface area is 123 Å². The van der Waals surface area contributed by atoms with Crippen molar-refractivity contribution in [2.45, 2.75) is 52.0 Å². The first-order valence-electron chi connectivity index (χ1n) is 8.11. The number of piperidine rings is 1. The first-order valence-corrected chi connectivity index (χ1v) is 8.11. The second-order valence-corrected chi connectivity index (χ2v) is 7.48. The third kappa shape index (κ3) is 3.95. The quantitative estimate of drug-likeness (QED) is 0.826. The van der Waals surface area contributed by atoms with Crippen LogP contribution in [0.25, 0.3) is 0 Å². The highest BCUT2D eigenvalue weighted by Crippen LogP contribution is 2.31. The lowest BCUT2D eigenvalue weighted by atomic mass is 9.78. The van der Waals surface area contributed by atoms with Crippen molar-refractivity contribution in [3.8, 4) is 0 Å². The van der Waals surface area contributed by atoms with E-state index in [0.717, 1.165) is 38.9 Å². The summed E-state index contributed by atoms with van der Waals surface area (Å²) in [5.41, 5.74) is 6.31. The lowest BCUT2D eigenvalue weighted by molar-refractivity contribution is -0.127. The lowest BCUT2D eigenvalue weighted by Gasteiger charge is -2.38. The van der Waals surface area contributed by atoms with Gasteiger partial charge in [0.1, 0.15) is 0 Å². The minimum absolute atomic E-state index is 0.180. The van der Waals surface area contributed by atoms with E-state index in [1.807, 2.05) is 0 Å². The molecule has 1 amide bonds. The van der Waals surface area contributed by atoms with E-state index < -0.39 is 0 Å². The third-order valence-electron chi connectivity index (χ3n) is 5.49. The van der Waals surface area contributed by atoms with Crippen LogP contribution in [0.4, 0.5) is 0 Å². The van der Waals surface area contributed by atoms with Crippen LogP contribution in [-0.4, -0.2) is 43.5 Å². The van der Waals surface area contributed by atoms with Gasteiger partial charge >= 0.3 is 0 Å². The molecule has 2 aliphatic rings. The van der Waals surface area contributed by atoms with Crippen molar-refractivity contribution < 1.29 is 4.79 Å². The summed E-state index contributed by atoms with van der Waals surface area (Å²) >= 11 is 0. The number of carbonyl (C=O) groups is 1. The average molecular weight is 281 g/mol. The second kappa shape index (κ2) is 6.44. The van der Waals surface area contributed by atoms with E-state index in [4.69, 9.17) is 5.73 Å². The molecule has 2 rings (SSSR count). The Morgan fingerprint density at radius 2 is 2.00 bits per heavy atom. The van der Waals surface area contributed by atoms with Crippen LogP contribution in [0.5, 0.6) is 0 Å². The summed E-state index contributed by atoms with van der Waals surface area (Å²) in [5.74, 6) is 0.905. The molecule has 3 atom stereocenters. The van der Waals surface area contributed by atoms with Crippen molar-refractivity contribution in [1.82, 2.24) is 10.2 Å². The summed E-state index contributed by atoms with van der Waals surface area (Å²) in [5, 5.41) is 3.21. The maximum absolute atomic E-state index is 12.3. The summed E-state index contributed by atoms with van der Waals surface area (Å²) in [6, 6.07) is 0.283. The fraction of sp³-hybridized carbons (Fsp3) is 0.938. The van der Waals surface area contributed by atoms with E-state index in [0.29, 0.717) is 5.92 Å². The van der Waals surface area contributed by atoms with E-state index in [-0.39, 0.29) is 23.3 Å². The molecule has 20 heavy (non-hydrogen) atoms. The van der Waals surface area contributed by atoms with E-state index in [1.165, 1.54) is 12.8 Å². The number of hydrogen-bond donors (Lipinski definition) is 2. The van der Waals surface area contributed by atoms with Gasteiger partial charge in [0.25, 0.3) is 0 Å². The van der Waals surface area contributed by atoms with Crippen molar-refractivity contribution >= 4 is 5.91 Å². The van der Waals surface area contributed by atoms with Crippen molar-refractivity contribution in [2.75, 3.05) is 26.7 Å². The molecule has 0 spiro atoms. The maximum Gasteiger partial charge on any atom is 0.223 e. The lowest BCUT2D eigenvalue weighted by Crippen LogP contribution is -2.46. The van der Waals surface area contributed by atoms with Gasteiger partial charge in [0.15, 0.2) is 0 Å². The van der Waals surface area contributed by atoms with Crippen LogP contribution in [-0.2, 0) is 4.79 Å². The van der Waals surface area contributed by atoms with Gasteiger partial charge in [-0.3, -0.25) is 4.79 Å². The number of carbonyl (C=O) groups excluding carboxylic acids is 1. The molecule has 1 aliphatic heterocycles. The minimum Gasteiger partial charge on any atom is -0.355 e. The van der Waals surface area contributed by atoms with Crippen LogP contribution in [0.15, 0.2) is 0 Å². The fourth-order valence-electron chi connectivity index (χ4n) is 3.44. The Bertz CT molecular complexity index is 337. The number of likely N-dealkylation sites (tertiary alicyclic amines) is 1. The predicted octanol–water partition coefficient (Wildman–Crippen LogP) is 1.60. The zero-order valence-electron chi connectivity index (χ0n) is 13.3. The molecule has 1 heterocycles. The highest BCUT2D eigenvalue weighted by Gasteiger charge is 2.32. The second-order valence-electron chi connectivity index (χ2n) is 7.48. The number of nitrogens with two attached hydrogens (primary N) is 1. The average Bonchev–Trinajstić information content (AvgIpc) is 2.43. The van der Waals surface area contributed by atoms with Gasteiger partial charge in [-0.05, 0) is 63.6 Å². The molecule has 116 valence electrons. The molecule has 0 bridgehead atoms. The number of nitrogens with zero attached hydrogens (tertiary/aromatic N) is 1. The Balaban J connectivity index is 1.77. The summed E-state index contributed by atoms with van der Waals surface area (Å²) in [7, 11) is 2.17. The van der Waals surface area contributed by atoms with Crippen LogP contribution in [0.3, 0.4) is 0 Å². The molecule has 4 heteroatoms. The van der Waals surface area contributed by atoms with Crippen LogP contribution in [0.2, 0.25) is 0 Å². The summed E-state index contributed by atoms with van der Waals surface area (Å²) < 4.78 is 0. The summed E-state index contributed by atoms with van der Waals surface area (Å²) in [6.45, 7) is 7.59. The Morgan fingerprint density at radius 3 is 2.60 bits per heavy atom. The van der Waals surface area contributed by atoms with E-state index >= 15 is 0 Å². The monoisotopic (exact) mass is 281 g/mol. The van der Waals surface area contributed by atoms with Gasteiger partial charge in [0.2, 0.25) is 5.91 Å². The molecule has 2 fully saturated rings. The largest absolute Gasteiger partial charge is 0.355 e. The SMILES string of the molecule is CC1CC(C(=O)NCC2(C)CCN(C)CC2)CCC1N. The Kier molecular flexibility index (Phi) is 5.08. The van der Waals surface area contributed by atoms with Crippen molar-refractivity contribution in [1.29, 1.82) is 0 Å². The molecule has 1 saturated heterocycles. The van der Waals surface area contributed by atoms with Crippen LogP contribution in [0, 0.1) is 17.3 Å². The molecule has 1 aliphatic carbocycles. The molecule has 0 radical (unpaired) electrons. The van der Waals surface area contributed by atoms with Crippen LogP contribution >= 0.6 is 0 Å². The zero-order valence-corrected chi connectivity index (χ0v) is 13.3. The normalized spacial score (nSPS) is 34.7. The highest BCUT2D eigenvalue weighted by molar-refractivity contribution is 5.78. The summed E-state index contributed by atoms with van der Waals surface area (Å²) in [6.07, 6.45) is 5.25. The topological polar surface area (TPSA) is 58.4 Å². The maximum atomic E-state index is 12.3. The smallest absolute Gasteiger partial charge is 0.223 e. The van der Waals surface area contributed by atoms with E-state index in [9.17, 15) is 4.79 Å². The van der Waals surface area contributed by atoms with Gasteiger partial charge in [0.05, 0.1) is 0 Å². The van der Waals surface area contributed by atoms with Crippen LogP contribution in [0.1, 0.15) is 46.0 Å². The van der Waals surface area contributed by atoms with Gasteiger partial charge < -0.3 is 16.0 Å². The molecule has 1 saturated carbocycles. The van der Waals surface area contributed by atoms with Gasteiger partial charge in [-0.15, -0.1) is 0 Å². The van der Waals surface area contributed by atoms with Gasteiger partial charge in [-0.1, -0.05) is 13.8 Å². The molecular formula is C16H31N3O. The standard InChI is InChI=1S/C16H31N3O/c1-12-10-13(4-5-14(12)17)15(20)18-11-16(2)6-8-19(3)9-7-16/h12-14H,4-11,17H2,1-3H3,(H,18,20). The van der Waals surface area contributed by atoms with E-state index in [2.05, 4.69) is 31.1 Å². The molecule has 4 nitrogen and oxygen atoms in total. The molecule has 3 unspecified atom stereocenters. The number of rotatable bonds is 3. The summed E-state index contributed by atoms with van der Waals surface area (Å²) in [4.78, 5) is 14.7. The predicted molar refractivity (Wildman–Crippen MR) is 82.3 cm³/mol. The first-order chi connectivity index (χ1) is 9.39. The van der Waals surface area contributed by atoms with Crippen molar-refractivity contribution in [2.24, 2.45) is 23.0 Å². The van der Waals surface area contributed by atoms with Crippen LogP contribution < -0.4 is 11.1 Å². The van der Waals surface area contributed by atoms with E-state index in [1.54, 1.807) is 0 Å². The zero-order chi connectivity index (χ0) is 14.8. The molecule has 0 aromatic heterocycles. The van der Waals surface area contributed by atoms with Crippen molar-refractivity contribution in [3.63, 3.8) is 0 Å². The van der Waals surface area contributed by atoms with Gasteiger partial charge in [-0.25, -0.2) is 0 Å². The number of hydrogen-bond acceptors (Lipinski definition) is 3. The third-order valence-corrected chi connectivity index (χ3v) is 5.49. The van der Waals surface area contributed by atoms with Crippen molar-refractivity contribution in [3.05, 3.63) is 0 Å². The molecule has 3 N–H and O–H groups in total. The number of nitrogens with one attached hydrogen (secondary N) is 1. The molecular weight excluding hydrogens is 250 g/mol. The fourth-order valence-corrected chi connectivity index (χ4v) is 3.44. The van der Waals surface area contributed by atoms with Gasteiger partial charge in [0, 0.05) is 18.5 Å².